The van der Waals surface area contributed by atoms with Gasteiger partial charge in [-0.2, -0.15) is 5.10 Å². The number of amides is 1. The number of rotatable bonds is 5. The Hall–Kier alpha value is -2.38. The molecule has 2 aliphatic heterocycles. The van der Waals surface area contributed by atoms with Crippen molar-refractivity contribution in [2.45, 2.75) is 44.6 Å². The lowest BCUT2D eigenvalue weighted by Gasteiger charge is -2.33. The van der Waals surface area contributed by atoms with Gasteiger partial charge in [0, 0.05) is 37.7 Å². The van der Waals surface area contributed by atoms with E-state index in [1.807, 2.05) is 4.90 Å². The van der Waals surface area contributed by atoms with Gasteiger partial charge in [-0.1, -0.05) is 6.07 Å². The zero-order valence-corrected chi connectivity index (χ0v) is 18.4. The molecule has 1 atom stereocenters. The third kappa shape index (κ3) is 4.21. The lowest BCUT2D eigenvalue weighted by molar-refractivity contribution is 0.0301. The highest BCUT2D eigenvalue weighted by molar-refractivity contribution is 5.95. The fourth-order valence-electron chi connectivity index (χ4n) is 5.36. The molecule has 1 aromatic heterocycles. The summed E-state index contributed by atoms with van der Waals surface area (Å²) < 4.78 is 11.1. The van der Waals surface area contributed by atoms with Gasteiger partial charge < -0.3 is 14.4 Å². The highest BCUT2D eigenvalue weighted by Gasteiger charge is 2.30. The molecule has 1 aromatic carbocycles. The smallest absolute Gasteiger partial charge is 0.257 e. The third-order valence-corrected chi connectivity index (χ3v) is 7.00. The molecule has 2 fully saturated rings. The van der Waals surface area contributed by atoms with Gasteiger partial charge in [0.05, 0.1) is 37.8 Å². The first kappa shape index (κ1) is 20.5. The molecule has 1 aliphatic carbocycles. The number of piperidine rings is 1. The van der Waals surface area contributed by atoms with E-state index in [9.17, 15) is 4.79 Å². The fourth-order valence-corrected chi connectivity index (χ4v) is 5.36. The van der Waals surface area contributed by atoms with Crippen LogP contribution in [0.3, 0.4) is 0 Å². The minimum atomic E-state index is 0.0736. The van der Waals surface area contributed by atoms with Crippen LogP contribution < -0.4 is 4.74 Å². The standard InChI is InChI=1S/C24H32N4O3/c1-30-22-13-18-5-2-4-17(18)12-20(22)16-27-7-3-6-19(15-27)23-21(14-25-26-23)24(29)28-8-10-31-11-9-28/h12-14,19H,2-11,15-16H2,1H3,(H,25,26)/t19-/m0/s1. The molecule has 0 bridgehead atoms. The van der Waals surface area contributed by atoms with Gasteiger partial charge in [-0.05, 0) is 55.8 Å². The Balaban J connectivity index is 1.31. The van der Waals surface area contributed by atoms with Crippen LogP contribution in [0.4, 0.5) is 0 Å². The first-order valence-electron chi connectivity index (χ1n) is 11.5. The first-order valence-corrected chi connectivity index (χ1v) is 11.5. The third-order valence-electron chi connectivity index (χ3n) is 7.00. The van der Waals surface area contributed by atoms with Gasteiger partial charge >= 0.3 is 0 Å². The van der Waals surface area contributed by atoms with Gasteiger partial charge in [0.1, 0.15) is 5.75 Å². The van der Waals surface area contributed by atoms with Gasteiger partial charge in [-0.25, -0.2) is 0 Å². The van der Waals surface area contributed by atoms with Crippen LogP contribution >= 0.6 is 0 Å². The van der Waals surface area contributed by atoms with Crippen molar-refractivity contribution in [1.82, 2.24) is 20.0 Å². The number of carbonyl (C=O) groups excluding carboxylic acids is 1. The molecular formula is C24H32N4O3. The zero-order chi connectivity index (χ0) is 21.2. The van der Waals surface area contributed by atoms with E-state index in [4.69, 9.17) is 9.47 Å². The highest BCUT2D eigenvalue weighted by Crippen LogP contribution is 2.33. The predicted molar refractivity (Wildman–Crippen MR) is 118 cm³/mol. The second-order valence-corrected chi connectivity index (χ2v) is 8.96. The lowest BCUT2D eigenvalue weighted by atomic mass is 9.91. The molecule has 2 aromatic rings. The van der Waals surface area contributed by atoms with E-state index in [1.165, 1.54) is 29.5 Å². The number of carbonyl (C=O) groups is 1. The summed E-state index contributed by atoms with van der Waals surface area (Å²) in [5, 5.41) is 7.40. The molecule has 7 nitrogen and oxygen atoms in total. The monoisotopic (exact) mass is 424 g/mol. The number of likely N-dealkylation sites (tertiary alicyclic amines) is 1. The first-order chi connectivity index (χ1) is 15.2. The number of ether oxygens (including phenoxy) is 2. The number of nitrogens with one attached hydrogen (secondary N) is 1. The van der Waals surface area contributed by atoms with Crippen LogP contribution in [0.1, 0.15) is 57.9 Å². The summed E-state index contributed by atoms with van der Waals surface area (Å²) >= 11 is 0. The van der Waals surface area contributed by atoms with E-state index in [0.717, 1.165) is 55.9 Å². The van der Waals surface area contributed by atoms with Crippen LogP contribution in [-0.2, 0) is 24.1 Å². The van der Waals surface area contributed by atoms with Crippen molar-refractivity contribution in [3.05, 3.63) is 46.3 Å². The molecule has 0 radical (unpaired) electrons. The molecule has 0 saturated carbocycles. The summed E-state index contributed by atoms with van der Waals surface area (Å²) in [5.74, 6) is 1.37. The Kier molecular flexibility index (Phi) is 5.96. The van der Waals surface area contributed by atoms with Crippen molar-refractivity contribution in [2.75, 3.05) is 46.5 Å². The molecule has 166 valence electrons. The van der Waals surface area contributed by atoms with Gasteiger partial charge in [0.25, 0.3) is 5.91 Å². The van der Waals surface area contributed by atoms with Gasteiger partial charge in [0.2, 0.25) is 0 Å². The summed E-state index contributed by atoms with van der Waals surface area (Å²) in [7, 11) is 1.77. The average Bonchev–Trinajstić information content (AvgIpc) is 3.48. The number of benzene rings is 1. The maximum atomic E-state index is 13.1. The lowest BCUT2D eigenvalue weighted by Crippen LogP contribution is -2.41. The van der Waals surface area contributed by atoms with Gasteiger partial charge in [0.15, 0.2) is 0 Å². The molecule has 2 saturated heterocycles. The summed E-state index contributed by atoms with van der Waals surface area (Å²) in [6.45, 7) is 5.39. The molecule has 0 unspecified atom stereocenters. The molecule has 3 heterocycles. The molecule has 31 heavy (non-hydrogen) atoms. The van der Waals surface area contributed by atoms with Crippen LogP contribution in [0, 0.1) is 0 Å². The maximum Gasteiger partial charge on any atom is 0.257 e. The Morgan fingerprint density at radius 1 is 1.19 bits per heavy atom. The number of nitrogens with zero attached hydrogens (tertiary/aromatic N) is 3. The predicted octanol–water partition coefficient (Wildman–Crippen LogP) is 2.76. The maximum absolute atomic E-state index is 13.1. The second-order valence-electron chi connectivity index (χ2n) is 8.96. The number of aromatic amines is 1. The van der Waals surface area contributed by atoms with E-state index < -0.39 is 0 Å². The summed E-state index contributed by atoms with van der Waals surface area (Å²) in [4.78, 5) is 17.4. The topological polar surface area (TPSA) is 70.7 Å². The van der Waals surface area contributed by atoms with E-state index in [0.29, 0.717) is 26.3 Å². The van der Waals surface area contributed by atoms with Crippen LogP contribution in [0.15, 0.2) is 18.3 Å². The van der Waals surface area contributed by atoms with Crippen LogP contribution in [-0.4, -0.2) is 72.4 Å². The molecular weight excluding hydrogens is 392 g/mol. The van der Waals surface area contributed by atoms with E-state index >= 15 is 0 Å². The van der Waals surface area contributed by atoms with Crippen molar-refractivity contribution >= 4 is 5.91 Å². The zero-order valence-electron chi connectivity index (χ0n) is 18.4. The highest BCUT2D eigenvalue weighted by atomic mass is 16.5. The number of fused-ring (bicyclic) bond motifs is 1. The number of aromatic nitrogens is 2. The van der Waals surface area contributed by atoms with Crippen molar-refractivity contribution < 1.29 is 14.3 Å². The number of methoxy groups -OCH3 is 1. The fraction of sp³-hybridized carbons (Fsp3) is 0.583. The molecule has 0 spiro atoms. The molecule has 3 aliphatic rings. The van der Waals surface area contributed by atoms with Crippen molar-refractivity contribution in [3.63, 3.8) is 0 Å². The average molecular weight is 425 g/mol. The van der Waals surface area contributed by atoms with Crippen LogP contribution in [0.2, 0.25) is 0 Å². The minimum absolute atomic E-state index is 0.0736. The van der Waals surface area contributed by atoms with Crippen LogP contribution in [0.5, 0.6) is 5.75 Å². The van der Waals surface area contributed by atoms with Crippen molar-refractivity contribution in [1.29, 1.82) is 0 Å². The van der Waals surface area contributed by atoms with Gasteiger partial charge in [-0.15, -0.1) is 0 Å². The minimum Gasteiger partial charge on any atom is -0.496 e. The van der Waals surface area contributed by atoms with Crippen LogP contribution in [0.25, 0.3) is 0 Å². The number of hydrogen-bond donors (Lipinski definition) is 1. The second kappa shape index (κ2) is 9.01. The SMILES string of the molecule is COc1cc2c(cc1CN1CCC[C@H](c3[nH]ncc3C(=O)N3CCOCC3)C1)CCC2. The summed E-state index contributed by atoms with van der Waals surface area (Å²) in [6.07, 6.45) is 7.47. The van der Waals surface area contributed by atoms with Gasteiger partial charge in [-0.3, -0.25) is 14.8 Å². The molecule has 5 rings (SSSR count). The van der Waals surface area contributed by atoms with E-state index in [2.05, 4.69) is 27.2 Å². The van der Waals surface area contributed by atoms with E-state index in [-0.39, 0.29) is 11.8 Å². The quantitative estimate of drug-likeness (QED) is 0.799. The Morgan fingerprint density at radius 3 is 2.81 bits per heavy atom. The largest absolute Gasteiger partial charge is 0.496 e. The van der Waals surface area contributed by atoms with Crippen molar-refractivity contribution in [2.24, 2.45) is 0 Å². The molecule has 1 amide bonds. The Labute approximate surface area is 183 Å². The number of morpholine rings is 1. The van der Waals surface area contributed by atoms with E-state index in [1.54, 1.807) is 13.3 Å². The Bertz CT molecular complexity index is 935. The molecule has 7 heteroatoms. The summed E-state index contributed by atoms with van der Waals surface area (Å²) in [6, 6.07) is 4.60. The molecule has 1 N–H and O–H groups in total. The normalized spacial score (nSPS) is 21.8. The van der Waals surface area contributed by atoms with Crippen molar-refractivity contribution in [3.8, 4) is 5.75 Å². The Morgan fingerprint density at radius 2 is 2.00 bits per heavy atom. The summed E-state index contributed by atoms with van der Waals surface area (Å²) in [5.41, 5.74) is 5.92. The number of H-pyrrole nitrogens is 1. The number of hydrogen-bond acceptors (Lipinski definition) is 5. The number of aryl methyl sites for hydroxylation is 2.